The number of hydrogen-bond acceptors (Lipinski definition) is 4. The van der Waals surface area contributed by atoms with Crippen LogP contribution in [0.5, 0.6) is 5.88 Å². The molecule has 7 rings (SSSR count). The highest BCUT2D eigenvalue weighted by molar-refractivity contribution is 7.68. The summed E-state index contributed by atoms with van der Waals surface area (Å²) in [5.74, 6) is 1.83. The van der Waals surface area contributed by atoms with Crippen LogP contribution in [0.3, 0.4) is 0 Å². The normalized spacial score (nSPS) is 23.7. The van der Waals surface area contributed by atoms with Crippen molar-refractivity contribution in [3.8, 4) is 5.88 Å². The van der Waals surface area contributed by atoms with Crippen molar-refractivity contribution in [3.63, 3.8) is 0 Å². The van der Waals surface area contributed by atoms with E-state index in [0.717, 1.165) is 36.0 Å². The number of ether oxygens (including phenoxy) is 1. The predicted molar refractivity (Wildman–Crippen MR) is 153 cm³/mol. The molecule has 1 aromatic heterocycles. The Hall–Kier alpha value is -3.04. The Kier molecular flexibility index (Phi) is 7.06. The van der Waals surface area contributed by atoms with Crippen LogP contribution >= 0.6 is 8.15 Å². The fourth-order valence-electron chi connectivity index (χ4n) is 6.05. The second kappa shape index (κ2) is 10.8. The summed E-state index contributed by atoms with van der Waals surface area (Å²) in [5, 5.41) is 3.57. The molecule has 3 aromatic carbocycles. The van der Waals surface area contributed by atoms with E-state index < -0.39 is 8.15 Å². The Morgan fingerprint density at radius 2 is 1.65 bits per heavy atom. The maximum absolute atomic E-state index is 7.39. The molecule has 0 N–H and O–H groups in total. The van der Waals surface area contributed by atoms with E-state index in [1.54, 1.807) is 7.11 Å². The topological polar surface area (TPSA) is 34.6 Å². The lowest BCUT2D eigenvalue weighted by Crippen LogP contribution is -2.55. The highest BCUT2D eigenvalue weighted by atomic mass is 31.1. The van der Waals surface area contributed by atoms with Gasteiger partial charge in [-0.2, -0.15) is 0 Å². The average Bonchev–Trinajstić information content (AvgIpc) is 2.98. The molecule has 3 aliphatic rings. The molecule has 1 unspecified atom stereocenters. The summed E-state index contributed by atoms with van der Waals surface area (Å²) in [5.41, 5.74) is 2.10. The van der Waals surface area contributed by atoms with E-state index in [4.69, 9.17) is 14.2 Å². The van der Waals surface area contributed by atoms with Gasteiger partial charge in [0.05, 0.1) is 20.8 Å². The van der Waals surface area contributed by atoms with Crippen molar-refractivity contribution in [2.75, 3.05) is 20.2 Å². The predicted octanol–water partition coefficient (Wildman–Crippen LogP) is 6.25. The van der Waals surface area contributed by atoms with Crippen molar-refractivity contribution >= 4 is 29.7 Å². The monoisotopic (exact) mass is 508 g/mol. The molecule has 4 nitrogen and oxygen atoms in total. The van der Waals surface area contributed by atoms with Crippen molar-refractivity contribution in [1.29, 1.82) is 0 Å². The second-order valence-corrected chi connectivity index (χ2v) is 11.8. The Morgan fingerprint density at radius 1 is 0.973 bits per heavy atom. The maximum atomic E-state index is 7.39. The minimum Gasteiger partial charge on any atom is -0.481 e. The summed E-state index contributed by atoms with van der Waals surface area (Å²) < 4.78 is 13.1. The van der Waals surface area contributed by atoms with Crippen molar-refractivity contribution in [2.45, 2.75) is 25.0 Å². The van der Waals surface area contributed by atoms with Gasteiger partial charge in [-0.15, -0.1) is 6.58 Å². The van der Waals surface area contributed by atoms with Crippen LogP contribution in [-0.4, -0.2) is 36.1 Å². The lowest BCUT2D eigenvalue weighted by molar-refractivity contribution is -0.0320. The molecule has 3 saturated heterocycles. The van der Waals surface area contributed by atoms with Gasteiger partial charge in [0.15, 0.2) is 0 Å². The molecule has 4 aromatic rings. The molecule has 0 spiro atoms. The zero-order valence-corrected chi connectivity index (χ0v) is 22.1. The molecular weight excluding hydrogens is 475 g/mol. The van der Waals surface area contributed by atoms with Gasteiger partial charge in [-0.3, -0.25) is 4.90 Å². The van der Waals surface area contributed by atoms with Crippen LogP contribution < -0.4 is 15.3 Å². The van der Waals surface area contributed by atoms with Crippen LogP contribution in [0.15, 0.2) is 104 Å². The maximum Gasteiger partial charge on any atom is 0.213 e. The third-order valence-electron chi connectivity index (χ3n) is 7.94. The summed E-state index contributed by atoms with van der Waals surface area (Å²) in [4.78, 5) is 7.39. The van der Waals surface area contributed by atoms with Crippen LogP contribution in [0.2, 0.25) is 0 Å². The molecule has 37 heavy (non-hydrogen) atoms. The minimum absolute atomic E-state index is 0.123. The summed E-state index contributed by atoms with van der Waals surface area (Å²) >= 11 is 0. The zero-order valence-electron chi connectivity index (χ0n) is 21.2. The fraction of sp³-hybridized carbons (Fsp3) is 0.281. The van der Waals surface area contributed by atoms with Gasteiger partial charge in [-0.1, -0.05) is 84.9 Å². The Labute approximate surface area is 220 Å². The van der Waals surface area contributed by atoms with Gasteiger partial charge in [-0.25, -0.2) is 4.98 Å². The third kappa shape index (κ3) is 4.82. The number of methoxy groups -OCH3 is 1. The first-order valence-corrected chi connectivity index (χ1v) is 14.4. The van der Waals surface area contributed by atoms with E-state index in [1.807, 2.05) is 6.07 Å². The molecule has 0 aliphatic carbocycles. The highest BCUT2D eigenvalue weighted by Crippen LogP contribution is 2.49. The molecule has 4 heterocycles. The summed E-state index contributed by atoms with van der Waals surface area (Å²) in [6, 6.07) is 32.1. The molecule has 5 atom stereocenters. The lowest BCUT2D eigenvalue weighted by Gasteiger charge is -2.51. The van der Waals surface area contributed by atoms with Gasteiger partial charge in [0, 0.05) is 34.6 Å². The van der Waals surface area contributed by atoms with E-state index in [-0.39, 0.29) is 12.1 Å². The molecule has 0 amide bonds. The van der Waals surface area contributed by atoms with Crippen LogP contribution in [0.4, 0.5) is 0 Å². The molecular formula is C32H33N2O2P. The quantitative estimate of drug-likeness (QED) is 0.208. The van der Waals surface area contributed by atoms with Crippen LogP contribution in [-0.2, 0) is 4.52 Å². The molecule has 5 heteroatoms. The fourth-order valence-corrected chi connectivity index (χ4v) is 7.96. The van der Waals surface area contributed by atoms with E-state index in [9.17, 15) is 0 Å². The number of benzene rings is 3. The third-order valence-corrected chi connectivity index (χ3v) is 9.92. The Balaban J connectivity index is 1.49. The molecule has 0 radical (unpaired) electrons. The number of piperidine rings is 3. The summed E-state index contributed by atoms with van der Waals surface area (Å²) in [7, 11) is 0.653. The van der Waals surface area contributed by atoms with E-state index >= 15 is 0 Å². The van der Waals surface area contributed by atoms with Gasteiger partial charge in [-0.05, 0) is 42.9 Å². The van der Waals surface area contributed by atoms with E-state index in [2.05, 4.69) is 102 Å². The van der Waals surface area contributed by atoms with Crippen molar-refractivity contribution in [2.24, 2.45) is 11.8 Å². The first kappa shape index (κ1) is 24.3. The average molecular weight is 509 g/mol. The van der Waals surface area contributed by atoms with E-state index in [0.29, 0.717) is 17.7 Å². The minimum atomic E-state index is -1.04. The van der Waals surface area contributed by atoms with Gasteiger partial charge in [0.25, 0.3) is 0 Å². The van der Waals surface area contributed by atoms with Gasteiger partial charge in [0.2, 0.25) is 5.88 Å². The number of pyridine rings is 1. The number of aromatic nitrogens is 1. The first-order valence-electron chi connectivity index (χ1n) is 13.1. The van der Waals surface area contributed by atoms with Gasteiger partial charge >= 0.3 is 0 Å². The van der Waals surface area contributed by atoms with Crippen LogP contribution in [0, 0.1) is 11.8 Å². The number of fused-ring (bicyclic) bond motifs is 4. The first-order chi connectivity index (χ1) is 18.2. The van der Waals surface area contributed by atoms with Crippen LogP contribution in [0.1, 0.15) is 24.5 Å². The van der Waals surface area contributed by atoms with Crippen molar-refractivity contribution in [3.05, 3.63) is 109 Å². The molecule has 3 fully saturated rings. The molecule has 2 bridgehead atoms. The number of para-hydroxylation sites is 1. The zero-order chi connectivity index (χ0) is 25.2. The van der Waals surface area contributed by atoms with Crippen LogP contribution in [0.25, 0.3) is 10.9 Å². The standard InChI is InChI=1S/C32H33N2O2P/c1-3-23-22-34-19-18-24(23)20-30(34)32(28-21-31(35-2)33-29-17-11-10-16-27(28)29)36-37(25-12-6-4-7-13-25)26-14-8-5-9-15-26/h3-17,21,23-24,30,32H,1,18-20,22H2,2H3/t23-,24-,30+,32-/m0/s1. The number of rotatable bonds is 8. The Bertz CT molecular complexity index is 1320. The van der Waals surface area contributed by atoms with Crippen molar-refractivity contribution < 1.29 is 9.26 Å². The molecule has 3 aliphatic heterocycles. The second-order valence-electron chi connectivity index (χ2n) is 10.0. The lowest BCUT2D eigenvalue weighted by atomic mass is 9.73. The smallest absolute Gasteiger partial charge is 0.213 e. The van der Waals surface area contributed by atoms with Crippen molar-refractivity contribution in [1.82, 2.24) is 9.88 Å². The van der Waals surface area contributed by atoms with Gasteiger partial charge < -0.3 is 9.26 Å². The Morgan fingerprint density at radius 3 is 2.27 bits per heavy atom. The SMILES string of the molecule is C=C[C@H]1CN2CC[C@H]1C[C@@H]2[C@@H](OP(c1ccccc1)c1ccccc1)c1cc(OC)nc2ccccc12. The summed E-state index contributed by atoms with van der Waals surface area (Å²) in [6.45, 7) is 6.30. The largest absolute Gasteiger partial charge is 0.481 e. The molecule has 0 saturated carbocycles. The van der Waals surface area contributed by atoms with Gasteiger partial charge in [0.1, 0.15) is 6.10 Å². The molecule has 188 valence electrons. The number of hydrogen-bond donors (Lipinski definition) is 0. The highest BCUT2D eigenvalue weighted by Gasteiger charge is 2.44. The number of nitrogens with zero attached hydrogens (tertiary/aromatic N) is 2. The summed E-state index contributed by atoms with van der Waals surface area (Å²) in [6.07, 6.45) is 4.37. The van der Waals surface area contributed by atoms with E-state index in [1.165, 1.54) is 17.0 Å².